The Bertz CT molecular complexity index is 566. The average molecular weight is 273 g/mol. The van der Waals surface area contributed by atoms with Gasteiger partial charge in [-0.05, 0) is 43.0 Å². The summed E-state index contributed by atoms with van der Waals surface area (Å²) in [6.45, 7) is 2.06. The minimum absolute atomic E-state index is 0.0227. The fourth-order valence-electron chi connectivity index (χ4n) is 2.24. The first kappa shape index (κ1) is 14.5. The summed E-state index contributed by atoms with van der Waals surface area (Å²) in [6.07, 6.45) is 1.43. The third kappa shape index (κ3) is 3.81. The summed E-state index contributed by atoms with van der Waals surface area (Å²) in [5, 5.41) is 0. The number of hydrogen-bond donors (Lipinski definition) is 1. The highest BCUT2D eigenvalue weighted by atomic mass is 19.1. The lowest BCUT2D eigenvalue weighted by Crippen LogP contribution is -2.25. The molecule has 0 bridgehead atoms. The Morgan fingerprint density at radius 1 is 1.05 bits per heavy atom. The number of ether oxygens (including phenoxy) is 1. The molecular weight excluding hydrogens is 253 g/mol. The van der Waals surface area contributed by atoms with Crippen molar-refractivity contribution in [3.8, 4) is 5.75 Å². The van der Waals surface area contributed by atoms with Crippen molar-refractivity contribution < 1.29 is 9.13 Å². The van der Waals surface area contributed by atoms with Gasteiger partial charge in [0.05, 0.1) is 7.11 Å². The smallest absolute Gasteiger partial charge is 0.165 e. The SMILES string of the molecule is COc1ccc(CC(N)Cc2ccc(C)cc2)cc1F. The fourth-order valence-corrected chi connectivity index (χ4v) is 2.24. The van der Waals surface area contributed by atoms with Crippen LogP contribution in [0.1, 0.15) is 16.7 Å². The molecule has 20 heavy (non-hydrogen) atoms. The Kier molecular flexibility index (Phi) is 4.74. The minimum Gasteiger partial charge on any atom is -0.494 e. The number of hydrogen-bond acceptors (Lipinski definition) is 2. The summed E-state index contributed by atoms with van der Waals surface area (Å²) in [6, 6.07) is 13.3. The average Bonchev–Trinajstić information content (AvgIpc) is 2.41. The lowest BCUT2D eigenvalue weighted by atomic mass is 9.99. The highest BCUT2D eigenvalue weighted by Crippen LogP contribution is 2.19. The minimum atomic E-state index is -0.340. The molecule has 0 heterocycles. The summed E-state index contributed by atoms with van der Waals surface area (Å²) >= 11 is 0. The standard InChI is InChI=1S/C17H20FNO/c1-12-3-5-13(6-4-12)9-15(19)10-14-7-8-17(20-2)16(18)11-14/h3-8,11,15H,9-10,19H2,1-2H3. The maximum Gasteiger partial charge on any atom is 0.165 e. The van der Waals surface area contributed by atoms with Crippen LogP contribution >= 0.6 is 0 Å². The first-order valence-electron chi connectivity index (χ1n) is 6.72. The molecule has 106 valence electrons. The number of halogens is 1. The molecule has 1 unspecified atom stereocenters. The zero-order valence-electron chi connectivity index (χ0n) is 11.9. The molecule has 0 aromatic heterocycles. The van der Waals surface area contributed by atoms with Gasteiger partial charge < -0.3 is 10.5 Å². The zero-order valence-corrected chi connectivity index (χ0v) is 11.9. The maximum atomic E-state index is 13.6. The molecule has 0 saturated heterocycles. The van der Waals surface area contributed by atoms with Gasteiger partial charge in [0, 0.05) is 6.04 Å². The van der Waals surface area contributed by atoms with Crippen molar-refractivity contribution in [2.24, 2.45) is 5.73 Å². The molecule has 0 aliphatic rings. The summed E-state index contributed by atoms with van der Waals surface area (Å²) < 4.78 is 18.5. The molecule has 3 heteroatoms. The number of rotatable bonds is 5. The fraction of sp³-hybridized carbons (Fsp3) is 0.294. The van der Waals surface area contributed by atoms with E-state index in [1.807, 2.05) is 6.07 Å². The van der Waals surface area contributed by atoms with Crippen LogP contribution in [0.15, 0.2) is 42.5 Å². The van der Waals surface area contributed by atoms with Crippen LogP contribution in [0.5, 0.6) is 5.75 Å². The van der Waals surface area contributed by atoms with Gasteiger partial charge in [-0.25, -0.2) is 4.39 Å². The van der Waals surface area contributed by atoms with Crippen LogP contribution in [-0.2, 0) is 12.8 Å². The van der Waals surface area contributed by atoms with Crippen LogP contribution in [0, 0.1) is 12.7 Å². The van der Waals surface area contributed by atoms with Gasteiger partial charge >= 0.3 is 0 Å². The van der Waals surface area contributed by atoms with Crippen LogP contribution in [-0.4, -0.2) is 13.2 Å². The van der Waals surface area contributed by atoms with Gasteiger partial charge in [0.2, 0.25) is 0 Å². The summed E-state index contributed by atoms with van der Waals surface area (Å²) in [5.41, 5.74) is 9.48. The largest absolute Gasteiger partial charge is 0.494 e. The van der Waals surface area contributed by atoms with Crippen LogP contribution in [0.4, 0.5) is 4.39 Å². The molecule has 2 aromatic carbocycles. The van der Waals surface area contributed by atoms with Crippen molar-refractivity contribution in [3.05, 3.63) is 65.0 Å². The van der Waals surface area contributed by atoms with E-state index in [0.717, 1.165) is 12.0 Å². The Balaban J connectivity index is 1.99. The second-order valence-corrected chi connectivity index (χ2v) is 5.12. The molecule has 0 radical (unpaired) electrons. The molecule has 2 nitrogen and oxygen atoms in total. The Morgan fingerprint density at radius 2 is 1.65 bits per heavy atom. The van der Waals surface area contributed by atoms with Crippen molar-refractivity contribution in [2.75, 3.05) is 7.11 Å². The lowest BCUT2D eigenvalue weighted by Gasteiger charge is -2.13. The van der Waals surface area contributed by atoms with Gasteiger partial charge in [-0.1, -0.05) is 35.9 Å². The molecule has 1 atom stereocenters. The van der Waals surface area contributed by atoms with Crippen molar-refractivity contribution in [2.45, 2.75) is 25.8 Å². The van der Waals surface area contributed by atoms with Crippen molar-refractivity contribution in [1.82, 2.24) is 0 Å². The van der Waals surface area contributed by atoms with Crippen LogP contribution in [0.3, 0.4) is 0 Å². The van der Waals surface area contributed by atoms with Gasteiger partial charge in [0.1, 0.15) is 0 Å². The molecular formula is C17H20FNO. The second kappa shape index (κ2) is 6.53. The van der Waals surface area contributed by atoms with Crippen molar-refractivity contribution in [3.63, 3.8) is 0 Å². The maximum absolute atomic E-state index is 13.6. The zero-order chi connectivity index (χ0) is 14.5. The topological polar surface area (TPSA) is 35.2 Å². The number of benzene rings is 2. The highest BCUT2D eigenvalue weighted by Gasteiger charge is 2.08. The third-order valence-electron chi connectivity index (χ3n) is 3.33. The molecule has 0 aliphatic carbocycles. The van der Waals surface area contributed by atoms with E-state index >= 15 is 0 Å². The van der Waals surface area contributed by atoms with Crippen molar-refractivity contribution >= 4 is 0 Å². The van der Waals surface area contributed by atoms with Gasteiger partial charge in [0.25, 0.3) is 0 Å². The molecule has 2 aromatic rings. The van der Waals surface area contributed by atoms with E-state index < -0.39 is 0 Å². The quantitative estimate of drug-likeness (QED) is 0.907. The molecule has 0 fully saturated rings. The van der Waals surface area contributed by atoms with Gasteiger partial charge in [-0.3, -0.25) is 0 Å². The first-order chi connectivity index (χ1) is 9.58. The highest BCUT2D eigenvalue weighted by molar-refractivity contribution is 5.30. The van der Waals surface area contributed by atoms with E-state index in [4.69, 9.17) is 10.5 Å². The van der Waals surface area contributed by atoms with Gasteiger partial charge in [-0.15, -0.1) is 0 Å². The number of methoxy groups -OCH3 is 1. The molecule has 0 amide bonds. The Hall–Kier alpha value is -1.87. The lowest BCUT2D eigenvalue weighted by molar-refractivity contribution is 0.386. The van der Waals surface area contributed by atoms with E-state index in [2.05, 4.69) is 31.2 Å². The van der Waals surface area contributed by atoms with Crippen LogP contribution in [0.2, 0.25) is 0 Å². The summed E-state index contributed by atoms with van der Waals surface area (Å²) in [5.74, 6) is -0.0756. The van der Waals surface area contributed by atoms with E-state index in [-0.39, 0.29) is 17.6 Å². The number of nitrogens with two attached hydrogens (primary N) is 1. The number of aryl methyl sites for hydroxylation is 1. The molecule has 0 spiro atoms. The van der Waals surface area contributed by atoms with Gasteiger partial charge in [0.15, 0.2) is 11.6 Å². The van der Waals surface area contributed by atoms with E-state index in [1.54, 1.807) is 6.07 Å². The predicted molar refractivity (Wildman–Crippen MR) is 79.5 cm³/mol. The molecule has 0 saturated carbocycles. The molecule has 2 N–H and O–H groups in total. The van der Waals surface area contributed by atoms with Gasteiger partial charge in [-0.2, -0.15) is 0 Å². The first-order valence-corrected chi connectivity index (χ1v) is 6.72. The summed E-state index contributed by atoms with van der Waals surface area (Å²) in [4.78, 5) is 0. The molecule has 0 aliphatic heterocycles. The third-order valence-corrected chi connectivity index (χ3v) is 3.33. The van der Waals surface area contributed by atoms with Crippen molar-refractivity contribution in [1.29, 1.82) is 0 Å². The monoisotopic (exact) mass is 273 g/mol. The Labute approximate surface area is 119 Å². The van der Waals surface area contributed by atoms with E-state index in [1.165, 1.54) is 24.3 Å². The summed E-state index contributed by atoms with van der Waals surface area (Å²) in [7, 11) is 1.46. The molecule has 2 rings (SSSR count). The van der Waals surface area contributed by atoms with E-state index in [0.29, 0.717) is 6.42 Å². The van der Waals surface area contributed by atoms with Crippen LogP contribution < -0.4 is 10.5 Å². The normalized spacial score (nSPS) is 12.2. The Morgan fingerprint density at radius 3 is 2.25 bits per heavy atom. The predicted octanol–water partition coefficient (Wildman–Crippen LogP) is 3.26. The van der Waals surface area contributed by atoms with E-state index in [9.17, 15) is 4.39 Å². The second-order valence-electron chi connectivity index (χ2n) is 5.12. The van der Waals surface area contributed by atoms with Crippen LogP contribution in [0.25, 0.3) is 0 Å².